The van der Waals surface area contributed by atoms with Crippen LogP contribution in [-0.2, 0) is 26.2 Å². The van der Waals surface area contributed by atoms with E-state index in [1.54, 1.807) is 0 Å². The van der Waals surface area contributed by atoms with Crippen molar-refractivity contribution >= 4 is 24.8 Å². The smallest absolute Gasteiger partial charge is 0.270 e. The Morgan fingerprint density at radius 3 is 1.27 bits per heavy atom. The molecule has 2 aliphatic carbocycles. The summed E-state index contributed by atoms with van der Waals surface area (Å²) in [5, 5.41) is 0. The molecule has 0 aromatic rings. The number of hydrogen-bond acceptors (Lipinski definition) is 0. The molecule has 0 fully saturated rings. The van der Waals surface area contributed by atoms with Crippen LogP contribution in [0.2, 0.25) is 0 Å². The average Bonchev–Trinajstić information content (AvgIpc) is 2.63. The van der Waals surface area contributed by atoms with Crippen LogP contribution in [-0.4, -0.2) is 0 Å². The van der Waals surface area contributed by atoms with E-state index in [2.05, 4.69) is 50.3 Å². The topological polar surface area (TPSA) is 0 Å². The molecule has 2 aliphatic rings. The third kappa shape index (κ3) is 10.7. The van der Waals surface area contributed by atoms with Crippen molar-refractivity contribution in [1.29, 1.82) is 0 Å². The first-order valence-electron chi connectivity index (χ1n) is 4.27. The largest absolute Gasteiger partial charge is 2.00 e. The maximum atomic E-state index is 3.12. The van der Waals surface area contributed by atoms with Gasteiger partial charge in [-0.1, -0.05) is 13.8 Å². The van der Waals surface area contributed by atoms with Crippen molar-refractivity contribution in [2.75, 3.05) is 0 Å². The molecular weight excluding hydrogens is 306 g/mol. The van der Waals surface area contributed by atoms with E-state index < -0.39 is 0 Å². The monoisotopic (exact) mass is 320 g/mol. The molecule has 0 amide bonds. The van der Waals surface area contributed by atoms with Gasteiger partial charge in [0.15, 0.2) is 0 Å². The van der Waals surface area contributed by atoms with Crippen LogP contribution in [0, 0.1) is 12.2 Å². The van der Waals surface area contributed by atoms with Crippen molar-refractivity contribution in [3.05, 3.63) is 47.6 Å². The second-order valence-corrected chi connectivity index (χ2v) is 2.93. The Labute approximate surface area is 125 Å². The van der Waals surface area contributed by atoms with Crippen LogP contribution in [0.3, 0.4) is 0 Å². The SMILES string of the molecule is CC1=[C-]CC=C1.CC1=[C-]CC=C1.Cl.Cl.[Zr+2]. The minimum atomic E-state index is 0. The molecular formula is C12H16Cl2Zr. The van der Waals surface area contributed by atoms with Crippen LogP contribution in [0.25, 0.3) is 0 Å². The molecule has 2 rings (SSSR count). The molecule has 0 atom stereocenters. The van der Waals surface area contributed by atoms with Gasteiger partial charge in [-0.05, 0) is 0 Å². The van der Waals surface area contributed by atoms with E-state index in [9.17, 15) is 0 Å². The van der Waals surface area contributed by atoms with Crippen LogP contribution in [0.4, 0.5) is 0 Å². The third-order valence-corrected chi connectivity index (χ3v) is 1.73. The second-order valence-electron chi connectivity index (χ2n) is 2.93. The average molecular weight is 322 g/mol. The van der Waals surface area contributed by atoms with Gasteiger partial charge in [-0.3, -0.25) is 12.2 Å². The summed E-state index contributed by atoms with van der Waals surface area (Å²) >= 11 is 0. The van der Waals surface area contributed by atoms with Crippen LogP contribution in [0.5, 0.6) is 0 Å². The molecule has 0 radical (unpaired) electrons. The Kier molecular flexibility index (Phi) is 17.3. The Morgan fingerprint density at radius 1 is 0.867 bits per heavy atom. The van der Waals surface area contributed by atoms with Gasteiger partial charge in [0.05, 0.1) is 0 Å². The van der Waals surface area contributed by atoms with Gasteiger partial charge in [-0.25, -0.2) is 23.3 Å². The molecule has 0 aromatic carbocycles. The van der Waals surface area contributed by atoms with E-state index in [1.165, 1.54) is 11.1 Å². The molecule has 15 heavy (non-hydrogen) atoms. The van der Waals surface area contributed by atoms with E-state index in [0.717, 1.165) is 12.8 Å². The van der Waals surface area contributed by atoms with Crippen LogP contribution in [0.1, 0.15) is 26.7 Å². The van der Waals surface area contributed by atoms with Gasteiger partial charge < -0.3 is 0 Å². The molecule has 3 heteroatoms. The van der Waals surface area contributed by atoms with Crippen molar-refractivity contribution in [1.82, 2.24) is 0 Å². The first-order chi connectivity index (χ1) is 5.79. The summed E-state index contributed by atoms with van der Waals surface area (Å²) in [6.07, 6.45) is 16.7. The van der Waals surface area contributed by atoms with Crippen LogP contribution < -0.4 is 0 Å². The van der Waals surface area contributed by atoms with Crippen molar-refractivity contribution in [3.8, 4) is 0 Å². The van der Waals surface area contributed by atoms with Crippen LogP contribution >= 0.6 is 24.8 Å². The molecule has 0 heterocycles. The Balaban J connectivity index is -0.000000160. The molecule has 0 saturated heterocycles. The van der Waals surface area contributed by atoms with E-state index in [0.29, 0.717) is 0 Å². The second kappa shape index (κ2) is 12.5. The van der Waals surface area contributed by atoms with Crippen molar-refractivity contribution in [2.24, 2.45) is 0 Å². The minimum absolute atomic E-state index is 0. The quantitative estimate of drug-likeness (QED) is 0.585. The molecule has 0 unspecified atom stereocenters. The summed E-state index contributed by atoms with van der Waals surface area (Å²) in [4.78, 5) is 0. The summed E-state index contributed by atoms with van der Waals surface area (Å²) in [7, 11) is 0. The summed E-state index contributed by atoms with van der Waals surface area (Å²) in [6, 6.07) is 0. The Morgan fingerprint density at radius 2 is 1.20 bits per heavy atom. The standard InChI is InChI=1S/2C6H7.2ClH.Zr/c2*1-6-4-2-3-5-6;;;/h2*2,4H,3H2,1H3;2*1H;/q2*-1;;;+2. The maximum Gasteiger partial charge on any atom is 2.00 e. The van der Waals surface area contributed by atoms with E-state index in [1.807, 2.05) is 0 Å². The fourth-order valence-corrected chi connectivity index (χ4v) is 1.03. The molecule has 0 bridgehead atoms. The van der Waals surface area contributed by atoms with Gasteiger partial charge in [0, 0.05) is 0 Å². The van der Waals surface area contributed by atoms with E-state index >= 15 is 0 Å². The molecule has 0 saturated carbocycles. The molecule has 0 aliphatic heterocycles. The number of rotatable bonds is 0. The van der Waals surface area contributed by atoms with Gasteiger partial charge >= 0.3 is 26.2 Å². The summed E-state index contributed by atoms with van der Waals surface area (Å²) in [5.74, 6) is 0. The number of allylic oxidation sites excluding steroid dienone is 8. The summed E-state index contributed by atoms with van der Waals surface area (Å²) < 4.78 is 0. The zero-order chi connectivity index (χ0) is 8.81. The van der Waals surface area contributed by atoms with Crippen molar-refractivity contribution in [3.63, 3.8) is 0 Å². The van der Waals surface area contributed by atoms with Gasteiger partial charge in [-0.15, -0.1) is 37.7 Å². The third-order valence-electron chi connectivity index (χ3n) is 1.73. The molecule has 0 spiro atoms. The molecule has 82 valence electrons. The Hall–Kier alpha value is 0.423. The molecule has 0 nitrogen and oxygen atoms in total. The predicted octanol–water partition coefficient (Wildman–Crippen LogP) is 4.23. The van der Waals surface area contributed by atoms with Gasteiger partial charge in [0.2, 0.25) is 0 Å². The van der Waals surface area contributed by atoms with Gasteiger partial charge in [-0.2, -0.15) is 12.2 Å². The summed E-state index contributed by atoms with van der Waals surface area (Å²) in [5.41, 5.74) is 2.55. The first-order valence-corrected chi connectivity index (χ1v) is 4.27. The van der Waals surface area contributed by atoms with Crippen LogP contribution in [0.15, 0.2) is 35.5 Å². The number of hydrogen-bond donors (Lipinski definition) is 0. The molecule has 0 N–H and O–H groups in total. The predicted molar refractivity (Wildman–Crippen MR) is 66.9 cm³/mol. The maximum absolute atomic E-state index is 3.12. The van der Waals surface area contributed by atoms with E-state index in [-0.39, 0.29) is 51.0 Å². The Bertz CT molecular complexity index is 229. The molecule has 0 aromatic heterocycles. The fraction of sp³-hybridized carbons (Fsp3) is 0.333. The first kappa shape index (κ1) is 20.8. The van der Waals surface area contributed by atoms with Gasteiger partial charge in [0.1, 0.15) is 0 Å². The van der Waals surface area contributed by atoms with Crippen molar-refractivity contribution in [2.45, 2.75) is 26.7 Å². The number of halogens is 2. The normalized spacial score (nSPS) is 14.8. The van der Waals surface area contributed by atoms with Crippen molar-refractivity contribution < 1.29 is 26.2 Å². The zero-order valence-electron chi connectivity index (χ0n) is 9.04. The minimum Gasteiger partial charge on any atom is -0.270 e. The van der Waals surface area contributed by atoms with Gasteiger partial charge in [0.25, 0.3) is 0 Å². The zero-order valence-corrected chi connectivity index (χ0v) is 13.1. The summed E-state index contributed by atoms with van der Waals surface area (Å²) in [6.45, 7) is 4.12. The van der Waals surface area contributed by atoms with E-state index in [4.69, 9.17) is 0 Å². The fourth-order valence-electron chi connectivity index (χ4n) is 1.03.